The summed E-state index contributed by atoms with van der Waals surface area (Å²) in [5.41, 5.74) is 0. The first-order chi connectivity index (χ1) is 7.02. The number of hydrogen-bond acceptors (Lipinski definition) is 4. The fourth-order valence-electron chi connectivity index (χ4n) is 0.754. The molecule has 0 amide bonds. The fourth-order valence-corrected chi connectivity index (χ4v) is 0.754. The van der Waals surface area contributed by atoms with Gasteiger partial charge in [-0.3, -0.25) is 0 Å². The van der Waals surface area contributed by atoms with Gasteiger partial charge < -0.3 is 9.47 Å². The van der Waals surface area contributed by atoms with Gasteiger partial charge in [-0.15, -0.1) is 17.9 Å². The van der Waals surface area contributed by atoms with Crippen LogP contribution in [0.3, 0.4) is 0 Å². The van der Waals surface area contributed by atoms with Crippen molar-refractivity contribution in [2.45, 2.75) is 13.0 Å². The highest BCUT2D eigenvalue weighted by Gasteiger charge is 2.05. The van der Waals surface area contributed by atoms with E-state index in [9.17, 15) is 17.9 Å². The highest BCUT2D eigenvalue weighted by atomic mass is 19.4. The zero-order valence-corrected chi connectivity index (χ0v) is 8.34. The third-order valence-corrected chi connectivity index (χ3v) is 1.42. The topological polar surface area (TPSA) is 24.9 Å². The predicted molar refractivity (Wildman–Crippen MR) is 44.1 cm³/mol. The van der Waals surface area contributed by atoms with Gasteiger partial charge in [-0.2, -0.15) is 0 Å². The summed E-state index contributed by atoms with van der Waals surface area (Å²) in [5.74, 6) is 0. The molecule has 1 atom stereocenters. The van der Waals surface area contributed by atoms with Crippen molar-refractivity contribution in [3.05, 3.63) is 0 Å². The average molecular weight is 234 g/mol. The fraction of sp³-hybridized carbons (Fsp3) is 1.00. The van der Waals surface area contributed by atoms with Gasteiger partial charge in [0.2, 0.25) is 0 Å². The van der Waals surface area contributed by atoms with Crippen LogP contribution in [-0.2, 0) is 9.47 Å². The average Bonchev–Trinajstić information content (AvgIpc) is 2.11. The molecule has 0 aromatic rings. The number of rotatable bonds is 9. The first kappa shape index (κ1) is 14.6. The lowest BCUT2D eigenvalue weighted by atomic mass is 10.4. The summed E-state index contributed by atoms with van der Waals surface area (Å²) in [4.78, 5) is 0. The zero-order valence-electron chi connectivity index (χ0n) is 8.34. The van der Waals surface area contributed by atoms with Crippen LogP contribution in [0, 0.1) is 0 Å². The Kier molecular flexibility index (Phi) is 8.58. The third kappa shape index (κ3) is 11.5. The minimum absolute atomic E-state index is 0.104. The molecular weight excluding hydrogens is 220 g/mol. The summed E-state index contributed by atoms with van der Waals surface area (Å²) in [7, 11) is 0. The van der Waals surface area contributed by atoms with Gasteiger partial charge in [0.15, 0.2) is 0 Å². The maximum atomic E-state index is 11.5. The van der Waals surface area contributed by atoms with Crippen LogP contribution < -0.4 is 0 Å². The van der Waals surface area contributed by atoms with E-state index in [1.165, 1.54) is 0 Å². The molecule has 0 saturated carbocycles. The molecule has 0 saturated heterocycles. The van der Waals surface area contributed by atoms with Crippen LogP contribution in [0.1, 0.15) is 6.92 Å². The standard InChI is InChI=1S/C7H14F4N2O2/c1-7(15-5-3-13(10)11)6-14-4-2-12(8)9/h7H,2-6H2,1H3. The highest BCUT2D eigenvalue weighted by Crippen LogP contribution is 1.95. The highest BCUT2D eigenvalue weighted by molar-refractivity contribution is 4.47. The summed E-state index contributed by atoms with van der Waals surface area (Å²) in [6, 6.07) is 0. The van der Waals surface area contributed by atoms with Crippen LogP contribution in [0.25, 0.3) is 0 Å². The second kappa shape index (κ2) is 8.84. The van der Waals surface area contributed by atoms with Gasteiger partial charge in [0.1, 0.15) is 0 Å². The van der Waals surface area contributed by atoms with Crippen LogP contribution in [-0.4, -0.2) is 49.7 Å². The third-order valence-electron chi connectivity index (χ3n) is 1.42. The molecule has 0 fully saturated rings. The van der Waals surface area contributed by atoms with E-state index in [4.69, 9.17) is 9.47 Å². The lowest BCUT2D eigenvalue weighted by Crippen LogP contribution is -2.22. The van der Waals surface area contributed by atoms with Crippen LogP contribution in [0.2, 0.25) is 0 Å². The van der Waals surface area contributed by atoms with E-state index in [1.54, 1.807) is 6.92 Å². The van der Waals surface area contributed by atoms with Gasteiger partial charge in [0.25, 0.3) is 0 Å². The van der Waals surface area contributed by atoms with Crippen molar-refractivity contribution in [3.63, 3.8) is 0 Å². The number of ether oxygens (including phenoxy) is 2. The molecule has 0 aliphatic rings. The van der Waals surface area contributed by atoms with Gasteiger partial charge in [-0.05, 0) is 6.92 Å². The van der Waals surface area contributed by atoms with Gasteiger partial charge in [-0.25, -0.2) is 0 Å². The van der Waals surface area contributed by atoms with Crippen molar-refractivity contribution in [1.29, 1.82) is 0 Å². The van der Waals surface area contributed by atoms with Crippen molar-refractivity contribution in [1.82, 2.24) is 10.7 Å². The lowest BCUT2D eigenvalue weighted by Gasteiger charge is -2.13. The molecule has 0 aromatic carbocycles. The molecule has 0 N–H and O–H groups in total. The normalized spacial score (nSPS) is 13.8. The minimum atomic E-state index is -0.990. The molecule has 0 radical (unpaired) electrons. The predicted octanol–water partition coefficient (Wildman–Crippen LogP) is 1.55. The smallest absolute Gasteiger partial charge is 0.0854 e. The molecule has 0 heterocycles. The first-order valence-corrected chi connectivity index (χ1v) is 4.40. The van der Waals surface area contributed by atoms with Gasteiger partial charge >= 0.3 is 0 Å². The van der Waals surface area contributed by atoms with Crippen LogP contribution >= 0.6 is 0 Å². The molecule has 0 aliphatic carbocycles. The van der Waals surface area contributed by atoms with Gasteiger partial charge in [0, 0.05) is 10.7 Å². The Morgan fingerprint density at radius 2 is 1.53 bits per heavy atom. The largest absolute Gasteiger partial charge is 0.377 e. The molecular formula is C7H14F4N2O2. The van der Waals surface area contributed by atoms with E-state index in [0.29, 0.717) is 0 Å². The molecule has 15 heavy (non-hydrogen) atoms. The van der Waals surface area contributed by atoms with Crippen molar-refractivity contribution in [2.75, 3.05) is 32.9 Å². The van der Waals surface area contributed by atoms with E-state index >= 15 is 0 Å². The lowest BCUT2D eigenvalue weighted by molar-refractivity contribution is -0.171. The summed E-state index contributed by atoms with van der Waals surface area (Å²) < 4.78 is 55.7. The number of nitrogens with zero attached hydrogens (tertiary/aromatic N) is 2. The maximum Gasteiger partial charge on any atom is 0.0854 e. The Morgan fingerprint density at radius 3 is 2.07 bits per heavy atom. The molecule has 0 spiro atoms. The van der Waals surface area contributed by atoms with Crippen LogP contribution in [0.4, 0.5) is 17.9 Å². The van der Waals surface area contributed by atoms with E-state index in [1.807, 2.05) is 0 Å². The van der Waals surface area contributed by atoms with E-state index < -0.39 is 29.9 Å². The minimum Gasteiger partial charge on any atom is -0.377 e. The Hall–Kier alpha value is -0.440. The molecule has 0 aromatic heterocycles. The quantitative estimate of drug-likeness (QED) is 0.343. The van der Waals surface area contributed by atoms with Crippen LogP contribution in [0.15, 0.2) is 0 Å². The number of halogens is 4. The van der Waals surface area contributed by atoms with Crippen molar-refractivity contribution >= 4 is 0 Å². The summed E-state index contributed by atoms with van der Waals surface area (Å²) >= 11 is 0. The second-order valence-electron chi connectivity index (χ2n) is 2.81. The van der Waals surface area contributed by atoms with Crippen molar-refractivity contribution in [2.24, 2.45) is 0 Å². The Bertz CT molecular complexity index is 151. The molecule has 8 heteroatoms. The molecule has 0 bridgehead atoms. The SMILES string of the molecule is CC(COCCN(F)F)OCCN(F)F. The van der Waals surface area contributed by atoms with Crippen molar-refractivity contribution in [3.8, 4) is 0 Å². The summed E-state index contributed by atoms with van der Waals surface area (Å²) in [5, 5.41) is -1.98. The molecule has 92 valence electrons. The Morgan fingerprint density at radius 1 is 1.00 bits per heavy atom. The molecule has 1 unspecified atom stereocenters. The van der Waals surface area contributed by atoms with Gasteiger partial charge in [0.05, 0.1) is 39.0 Å². The van der Waals surface area contributed by atoms with E-state index in [-0.39, 0.29) is 19.8 Å². The maximum absolute atomic E-state index is 11.5. The van der Waals surface area contributed by atoms with E-state index in [2.05, 4.69) is 0 Å². The van der Waals surface area contributed by atoms with Crippen molar-refractivity contribution < 1.29 is 27.4 Å². The number of hydrogen-bond donors (Lipinski definition) is 0. The summed E-state index contributed by atoms with van der Waals surface area (Å²) in [6.45, 7) is 0.479. The monoisotopic (exact) mass is 234 g/mol. The Labute approximate surface area is 85.1 Å². The molecule has 0 aliphatic heterocycles. The van der Waals surface area contributed by atoms with E-state index in [0.717, 1.165) is 0 Å². The first-order valence-electron chi connectivity index (χ1n) is 4.40. The van der Waals surface area contributed by atoms with Crippen LogP contribution in [0.5, 0.6) is 0 Å². The van der Waals surface area contributed by atoms with Gasteiger partial charge in [-0.1, -0.05) is 0 Å². The molecule has 0 rings (SSSR count). The summed E-state index contributed by atoms with van der Waals surface area (Å²) in [6.07, 6.45) is -0.391. The second-order valence-corrected chi connectivity index (χ2v) is 2.81. The zero-order chi connectivity index (χ0) is 11.7. The molecule has 4 nitrogen and oxygen atoms in total. The Balaban J connectivity index is 3.22.